The number of rotatable bonds is 3. The summed E-state index contributed by atoms with van der Waals surface area (Å²) in [6, 6.07) is 3.33. The van der Waals surface area contributed by atoms with Crippen LogP contribution in [0.5, 0.6) is 0 Å². The number of carbonyl (C=O) groups is 2. The lowest BCUT2D eigenvalue weighted by Crippen LogP contribution is -2.53. The van der Waals surface area contributed by atoms with Crippen LogP contribution in [-0.4, -0.2) is 33.4 Å². The van der Waals surface area contributed by atoms with Crippen LogP contribution in [0.4, 0.5) is 5.82 Å². The van der Waals surface area contributed by atoms with Crippen LogP contribution in [0.1, 0.15) is 5.56 Å². The first-order chi connectivity index (χ1) is 9.54. The normalized spacial score (nSPS) is 17.3. The van der Waals surface area contributed by atoms with Crippen molar-refractivity contribution in [3.8, 4) is 0 Å². The molecule has 0 radical (unpaired) electrons. The highest BCUT2D eigenvalue weighted by molar-refractivity contribution is 7.80. The van der Waals surface area contributed by atoms with E-state index in [-0.39, 0.29) is 23.0 Å². The highest BCUT2D eigenvalue weighted by atomic mass is 32.1. The van der Waals surface area contributed by atoms with Gasteiger partial charge in [0.05, 0.1) is 0 Å². The molecule has 0 bridgehead atoms. The third-order valence-electron chi connectivity index (χ3n) is 2.67. The van der Waals surface area contributed by atoms with Crippen molar-refractivity contribution in [3.05, 3.63) is 42.1 Å². The molecular formula is C13H12N4O2S. The molecule has 0 aromatic carbocycles. The number of nitrogens with zero attached hydrogens (tertiary/aromatic N) is 2. The molecule has 0 saturated carbocycles. The molecule has 6 nitrogen and oxygen atoms in total. The summed E-state index contributed by atoms with van der Waals surface area (Å²) >= 11 is 4.95. The van der Waals surface area contributed by atoms with E-state index in [9.17, 15) is 9.59 Å². The minimum atomic E-state index is -0.552. The molecular weight excluding hydrogens is 276 g/mol. The van der Waals surface area contributed by atoms with Crippen LogP contribution < -0.4 is 11.1 Å². The van der Waals surface area contributed by atoms with E-state index in [0.717, 1.165) is 0 Å². The highest BCUT2D eigenvalue weighted by Gasteiger charge is 2.32. The number of amides is 2. The summed E-state index contributed by atoms with van der Waals surface area (Å²) in [5, 5.41) is 2.52. The molecule has 7 heteroatoms. The van der Waals surface area contributed by atoms with Crippen molar-refractivity contribution in [1.82, 2.24) is 15.2 Å². The Morgan fingerprint density at radius 3 is 2.90 bits per heavy atom. The second-order valence-corrected chi connectivity index (χ2v) is 4.39. The van der Waals surface area contributed by atoms with Crippen LogP contribution in [-0.2, 0) is 9.59 Å². The van der Waals surface area contributed by atoms with Crippen molar-refractivity contribution in [2.45, 2.75) is 0 Å². The predicted molar refractivity (Wildman–Crippen MR) is 79.3 cm³/mol. The van der Waals surface area contributed by atoms with Crippen molar-refractivity contribution >= 4 is 41.0 Å². The Morgan fingerprint density at radius 1 is 1.50 bits per heavy atom. The van der Waals surface area contributed by atoms with Crippen LogP contribution in [0.2, 0.25) is 0 Å². The van der Waals surface area contributed by atoms with Crippen molar-refractivity contribution in [2.75, 3.05) is 12.3 Å². The molecule has 0 unspecified atom stereocenters. The van der Waals surface area contributed by atoms with E-state index >= 15 is 0 Å². The Kier molecular flexibility index (Phi) is 3.90. The van der Waals surface area contributed by atoms with Gasteiger partial charge in [-0.2, -0.15) is 0 Å². The number of nitrogens with two attached hydrogens (primary N) is 1. The first-order valence-electron chi connectivity index (χ1n) is 5.75. The van der Waals surface area contributed by atoms with Crippen LogP contribution in [0.15, 0.2) is 36.6 Å². The molecule has 0 aliphatic carbocycles. The van der Waals surface area contributed by atoms with Gasteiger partial charge in [0.25, 0.3) is 11.8 Å². The standard InChI is InChI=1S/C13H12N4O2S/c1-2-6-17-12(19)9(11(18)16-13(17)20)7-8-4-3-5-15-10(8)14/h2-5,7H,1,6H2,(H2,14,15)(H,16,18,20)/b9-7+. The summed E-state index contributed by atoms with van der Waals surface area (Å²) in [6.07, 6.45) is 4.45. The monoisotopic (exact) mass is 288 g/mol. The molecule has 102 valence electrons. The number of nitrogens with one attached hydrogen (secondary N) is 1. The average molecular weight is 288 g/mol. The lowest BCUT2D eigenvalue weighted by molar-refractivity contribution is -0.128. The van der Waals surface area contributed by atoms with Crippen molar-refractivity contribution in [2.24, 2.45) is 0 Å². The second kappa shape index (κ2) is 5.62. The number of aromatic nitrogens is 1. The summed E-state index contributed by atoms with van der Waals surface area (Å²) in [6.45, 7) is 3.77. The van der Waals surface area contributed by atoms with Gasteiger partial charge in [-0.3, -0.25) is 19.8 Å². The molecule has 1 aromatic rings. The zero-order valence-corrected chi connectivity index (χ0v) is 11.3. The fourth-order valence-corrected chi connectivity index (χ4v) is 1.95. The number of pyridine rings is 1. The Bertz CT molecular complexity index is 639. The zero-order chi connectivity index (χ0) is 14.7. The van der Waals surface area contributed by atoms with E-state index in [1.54, 1.807) is 12.1 Å². The zero-order valence-electron chi connectivity index (χ0n) is 10.5. The molecule has 0 spiro atoms. The Balaban J connectivity index is 2.42. The van der Waals surface area contributed by atoms with Gasteiger partial charge in [0.15, 0.2) is 5.11 Å². The number of anilines is 1. The van der Waals surface area contributed by atoms with Crippen LogP contribution in [0.25, 0.3) is 6.08 Å². The second-order valence-electron chi connectivity index (χ2n) is 4.00. The number of nitrogen functional groups attached to an aromatic ring is 1. The maximum Gasteiger partial charge on any atom is 0.265 e. The van der Waals surface area contributed by atoms with Gasteiger partial charge in [-0.1, -0.05) is 6.08 Å². The predicted octanol–water partition coefficient (Wildman–Crippen LogP) is 0.477. The summed E-state index contributed by atoms with van der Waals surface area (Å²) in [5.41, 5.74) is 6.15. The molecule has 20 heavy (non-hydrogen) atoms. The van der Waals surface area contributed by atoms with E-state index in [0.29, 0.717) is 5.56 Å². The van der Waals surface area contributed by atoms with Gasteiger partial charge in [0, 0.05) is 18.3 Å². The number of hydrogen-bond donors (Lipinski definition) is 2. The lowest BCUT2D eigenvalue weighted by Gasteiger charge is -2.27. The quantitative estimate of drug-likeness (QED) is 0.365. The SMILES string of the molecule is C=CCN1C(=O)/C(=C/c2cccnc2N)C(=O)NC1=S. The number of thiocarbonyl (C=S) groups is 1. The van der Waals surface area contributed by atoms with E-state index in [1.165, 1.54) is 23.2 Å². The molecule has 3 N–H and O–H groups in total. The maximum atomic E-state index is 12.3. The molecule has 0 atom stereocenters. The summed E-state index contributed by atoms with van der Waals surface area (Å²) in [5.74, 6) is -0.797. The largest absolute Gasteiger partial charge is 0.383 e. The molecule has 1 saturated heterocycles. The van der Waals surface area contributed by atoms with Crippen LogP contribution >= 0.6 is 12.2 Å². The average Bonchev–Trinajstić information content (AvgIpc) is 2.41. The third kappa shape index (κ3) is 2.57. The van der Waals surface area contributed by atoms with E-state index < -0.39 is 11.8 Å². The fraction of sp³-hybridized carbons (Fsp3) is 0.0769. The van der Waals surface area contributed by atoms with E-state index in [4.69, 9.17) is 18.0 Å². The molecule has 1 aromatic heterocycles. The lowest BCUT2D eigenvalue weighted by atomic mass is 10.1. The van der Waals surface area contributed by atoms with Gasteiger partial charge in [-0.05, 0) is 30.4 Å². The van der Waals surface area contributed by atoms with Gasteiger partial charge in [0.2, 0.25) is 0 Å². The first-order valence-corrected chi connectivity index (χ1v) is 6.15. The molecule has 2 amide bonds. The highest BCUT2D eigenvalue weighted by Crippen LogP contribution is 2.17. The Morgan fingerprint density at radius 2 is 2.25 bits per heavy atom. The summed E-state index contributed by atoms with van der Waals surface area (Å²) in [7, 11) is 0. The van der Waals surface area contributed by atoms with Crippen LogP contribution in [0.3, 0.4) is 0 Å². The summed E-state index contributed by atoms with van der Waals surface area (Å²) in [4.78, 5) is 29.3. The Hall–Kier alpha value is -2.54. The minimum absolute atomic E-state index is 0.0415. The van der Waals surface area contributed by atoms with E-state index in [1.807, 2.05) is 0 Å². The minimum Gasteiger partial charge on any atom is -0.383 e. The van der Waals surface area contributed by atoms with Crippen LogP contribution in [0, 0.1) is 0 Å². The molecule has 1 aliphatic rings. The van der Waals surface area contributed by atoms with Gasteiger partial charge >= 0.3 is 0 Å². The molecule has 1 aliphatic heterocycles. The van der Waals surface area contributed by atoms with Gasteiger partial charge in [-0.15, -0.1) is 6.58 Å². The summed E-state index contributed by atoms with van der Waals surface area (Å²) < 4.78 is 0. The van der Waals surface area contributed by atoms with Crippen molar-refractivity contribution in [3.63, 3.8) is 0 Å². The molecule has 1 fully saturated rings. The first kappa shape index (κ1) is 13.9. The Labute approximate surface area is 121 Å². The van der Waals surface area contributed by atoms with Gasteiger partial charge < -0.3 is 5.73 Å². The van der Waals surface area contributed by atoms with E-state index in [2.05, 4.69) is 16.9 Å². The molecule has 2 rings (SSSR count). The van der Waals surface area contributed by atoms with Gasteiger partial charge in [-0.25, -0.2) is 4.98 Å². The van der Waals surface area contributed by atoms with Crippen molar-refractivity contribution in [1.29, 1.82) is 0 Å². The third-order valence-corrected chi connectivity index (χ3v) is 2.99. The van der Waals surface area contributed by atoms with Gasteiger partial charge in [0.1, 0.15) is 11.4 Å². The number of carbonyl (C=O) groups excluding carboxylic acids is 2. The smallest absolute Gasteiger partial charge is 0.265 e. The fourth-order valence-electron chi connectivity index (χ4n) is 1.70. The maximum absolute atomic E-state index is 12.3. The topological polar surface area (TPSA) is 88.3 Å². The number of hydrogen-bond acceptors (Lipinski definition) is 5. The molecule has 2 heterocycles. The van der Waals surface area contributed by atoms with Crippen molar-refractivity contribution < 1.29 is 9.59 Å².